The SMILES string of the molecule is CCCC(C)Nc1cnccc1C#N. The minimum absolute atomic E-state index is 0.385. The number of nitrogens with one attached hydrogen (secondary N) is 1. The van der Waals surface area contributed by atoms with Crippen LogP contribution in [0, 0.1) is 11.3 Å². The fourth-order valence-electron chi connectivity index (χ4n) is 1.38. The first-order chi connectivity index (χ1) is 6.77. The van der Waals surface area contributed by atoms with Gasteiger partial charge in [0.25, 0.3) is 0 Å². The molecule has 0 amide bonds. The summed E-state index contributed by atoms with van der Waals surface area (Å²) >= 11 is 0. The van der Waals surface area contributed by atoms with E-state index in [1.54, 1.807) is 18.5 Å². The van der Waals surface area contributed by atoms with Gasteiger partial charge in [-0.05, 0) is 19.4 Å². The molecule has 0 aliphatic carbocycles. The average Bonchev–Trinajstić information content (AvgIpc) is 2.19. The first-order valence-electron chi connectivity index (χ1n) is 4.88. The van der Waals surface area contributed by atoms with Gasteiger partial charge in [0.05, 0.1) is 17.4 Å². The van der Waals surface area contributed by atoms with Crippen molar-refractivity contribution in [2.45, 2.75) is 32.7 Å². The molecule has 0 saturated carbocycles. The van der Waals surface area contributed by atoms with E-state index in [2.05, 4.69) is 30.2 Å². The van der Waals surface area contributed by atoms with Gasteiger partial charge in [-0.15, -0.1) is 0 Å². The van der Waals surface area contributed by atoms with Crippen molar-refractivity contribution < 1.29 is 0 Å². The Kier molecular flexibility index (Phi) is 3.93. The summed E-state index contributed by atoms with van der Waals surface area (Å²) in [5.41, 5.74) is 1.49. The van der Waals surface area contributed by atoms with Gasteiger partial charge in [0, 0.05) is 12.2 Å². The van der Waals surface area contributed by atoms with Crippen molar-refractivity contribution >= 4 is 5.69 Å². The van der Waals surface area contributed by atoms with Gasteiger partial charge in [-0.2, -0.15) is 5.26 Å². The number of hydrogen-bond donors (Lipinski definition) is 1. The molecule has 1 atom stereocenters. The molecule has 0 saturated heterocycles. The number of nitrogens with zero attached hydrogens (tertiary/aromatic N) is 2. The molecule has 1 aromatic heterocycles. The van der Waals surface area contributed by atoms with Gasteiger partial charge in [-0.25, -0.2) is 0 Å². The molecule has 1 rings (SSSR count). The molecule has 1 unspecified atom stereocenters. The normalized spacial score (nSPS) is 11.8. The summed E-state index contributed by atoms with van der Waals surface area (Å²) in [4.78, 5) is 3.99. The van der Waals surface area contributed by atoms with Crippen molar-refractivity contribution in [3.05, 3.63) is 24.0 Å². The van der Waals surface area contributed by atoms with Crippen LogP contribution in [0.15, 0.2) is 18.5 Å². The van der Waals surface area contributed by atoms with Crippen molar-refractivity contribution in [3.63, 3.8) is 0 Å². The smallest absolute Gasteiger partial charge is 0.101 e. The largest absolute Gasteiger partial charge is 0.380 e. The Morgan fingerprint density at radius 1 is 1.64 bits per heavy atom. The maximum atomic E-state index is 8.84. The molecule has 0 fully saturated rings. The van der Waals surface area contributed by atoms with E-state index in [4.69, 9.17) is 5.26 Å². The van der Waals surface area contributed by atoms with Crippen molar-refractivity contribution in [1.82, 2.24) is 4.98 Å². The van der Waals surface area contributed by atoms with Crippen LogP contribution in [-0.2, 0) is 0 Å². The number of aromatic nitrogens is 1. The first-order valence-corrected chi connectivity index (χ1v) is 4.88. The average molecular weight is 189 g/mol. The molecule has 14 heavy (non-hydrogen) atoms. The Hall–Kier alpha value is -1.56. The minimum atomic E-state index is 0.385. The first kappa shape index (κ1) is 10.5. The lowest BCUT2D eigenvalue weighted by Crippen LogP contribution is -2.15. The molecule has 0 aliphatic heterocycles. The molecule has 0 aromatic carbocycles. The highest BCUT2D eigenvalue weighted by Crippen LogP contribution is 2.14. The topological polar surface area (TPSA) is 48.7 Å². The summed E-state index contributed by atoms with van der Waals surface area (Å²) in [5, 5.41) is 12.1. The van der Waals surface area contributed by atoms with E-state index in [1.165, 1.54) is 0 Å². The molecule has 74 valence electrons. The van der Waals surface area contributed by atoms with Crippen LogP contribution in [0.5, 0.6) is 0 Å². The van der Waals surface area contributed by atoms with Crippen LogP contribution in [-0.4, -0.2) is 11.0 Å². The van der Waals surface area contributed by atoms with Crippen molar-refractivity contribution in [2.75, 3.05) is 5.32 Å². The minimum Gasteiger partial charge on any atom is -0.380 e. The van der Waals surface area contributed by atoms with Gasteiger partial charge >= 0.3 is 0 Å². The lowest BCUT2D eigenvalue weighted by atomic mass is 10.1. The molecule has 0 aliphatic rings. The predicted molar refractivity (Wildman–Crippen MR) is 56.9 cm³/mol. The van der Waals surface area contributed by atoms with E-state index in [0.29, 0.717) is 11.6 Å². The zero-order chi connectivity index (χ0) is 10.4. The summed E-state index contributed by atoms with van der Waals surface area (Å²) in [6.45, 7) is 4.25. The molecule has 0 spiro atoms. The molecule has 1 aromatic rings. The molecule has 1 heterocycles. The Balaban J connectivity index is 2.71. The molecule has 3 nitrogen and oxygen atoms in total. The maximum absolute atomic E-state index is 8.84. The molecular formula is C11H15N3. The Bertz CT molecular complexity index is 328. The second-order valence-corrected chi connectivity index (χ2v) is 3.37. The second kappa shape index (κ2) is 5.23. The van der Waals surface area contributed by atoms with Gasteiger partial charge in [-0.3, -0.25) is 4.98 Å². The quantitative estimate of drug-likeness (QED) is 0.791. The van der Waals surface area contributed by atoms with Crippen LogP contribution < -0.4 is 5.32 Å². The third-order valence-electron chi connectivity index (χ3n) is 2.07. The third-order valence-corrected chi connectivity index (χ3v) is 2.07. The highest BCUT2D eigenvalue weighted by molar-refractivity contribution is 5.55. The number of pyridine rings is 1. The van der Waals surface area contributed by atoms with Crippen molar-refractivity contribution in [3.8, 4) is 6.07 Å². The summed E-state index contributed by atoms with van der Waals surface area (Å²) in [5.74, 6) is 0. The van der Waals surface area contributed by atoms with Crippen LogP contribution >= 0.6 is 0 Å². The zero-order valence-corrected chi connectivity index (χ0v) is 8.62. The summed E-state index contributed by atoms with van der Waals surface area (Å²) in [7, 11) is 0. The van der Waals surface area contributed by atoms with Crippen molar-refractivity contribution in [2.24, 2.45) is 0 Å². The second-order valence-electron chi connectivity index (χ2n) is 3.37. The predicted octanol–water partition coefficient (Wildman–Crippen LogP) is 2.55. The highest BCUT2D eigenvalue weighted by Gasteiger charge is 2.04. The van der Waals surface area contributed by atoms with Gasteiger partial charge in [0.2, 0.25) is 0 Å². The number of nitriles is 1. The fraction of sp³-hybridized carbons (Fsp3) is 0.455. The number of anilines is 1. The van der Waals surface area contributed by atoms with Crippen LogP contribution in [0.4, 0.5) is 5.69 Å². The number of rotatable bonds is 4. The molecule has 0 radical (unpaired) electrons. The zero-order valence-electron chi connectivity index (χ0n) is 8.62. The Morgan fingerprint density at radius 3 is 3.07 bits per heavy atom. The standard InChI is InChI=1S/C11H15N3/c1-3-4-9(2)14-11-8-13-6-5-10(11)7-12/h5-6,8-9,14H,3-4H2,1-2H3. The van der Waals surface area contributed by atoms with Crippen molar-refractivity contribution in [1.29, 1.82) is 5.26 Å². The van der Waals surface area contributed by atoms with Crippen LogP contribution in [0.25, 0.3) is 0 Å². The van der Waals surface area contributed by atoms with E-state index in [9.17, 15) is 0 Å². The van der Waals surface area contributed by atoms with Crippen LogP contribution in [0.2, 0.25) is 0 Å². The molecular weight excluding hydrogens is 174 g/mol. The van der Waals surface area contributed by atoms with Crippen LogP contribution in [0.3, 0.4) is 0 Å². The van der Waals surface area contributed by atoms with Gasteiger partial charge in [0.15, 0.2) is 0 Å². The summed E-state index contributed by atoms with van der Waals surface area (Å²) < 4.78 is 0. The van der Waals surface area contributed by atoms with E-state index in [-0.39, 0.29) is 0 Å². The highest BCUT2D eigenvalue weighted by atomic mass is 14.9. The Labute approximate surface area is 84.8 Å². The molecule has 3 heteroatoms. The number of hydrogen-bond acceptors (Lipinski definition) is 3. The summed E-state index contributed by atoms with van der Waals surface area (Å²) in [6.07, 6.45) is 5.56. The van der Waals surface area contributed by atoms with Gasteiger partial charge in [0.1, 0.15) is 6.07 Å². The van der Waals surface area contributed by atoms with Gasteiger partial charge in [-0.1, -0.05) is 13.3 Å². The lowest BCUT2D eigenvalue weighted by Gasteiger charge is -2.14. The monoisotopic (exact) mass is 189 g/mol. The summed E-state index contributed by atoms with van der Waals surface area (Å²) in [6, 6.07) is 4.25. The van der Waals surface area contributed by atoms with Crippen LogP contribution in [0.1, 0.15) is 32.3 Å². The molecule has 1 N–H and O–H groups in total. The maximum Gasteiger partial charge on any atom is 0.101 e. The molecule has 0 bridgehead atoms. The van der Waals surface area contributed by atoms with E-state index < -0.39 is 0 Å². The lowest BCUT2D eigenvalue weighted by molar-refractivity contribution is 0.690. The van der Waals surface area contributed by atoms with E-state index in [1.807, 2.05) is 0 Å². The Morgan fingerprint density at radius 2 is 2.43 bits per heavy atom. The van der Waals surface area contributed by atoms with E-state index in [0.717, 1.165) is 18.5 Å². The fourth-order valence-corrected chi connectivity index (χ4v) is 1.38. The third kappa shape index (κ3) is 2.74. The van der Waals surface area contributed by atoms with Gasteiger partial charge < -0.3 is 5.32 Å². The van der Waals surface area contributed by atoms with E-state index >= 15 is 0 Å².